The number of hydrogen-bond acceptors (Lipinski definition) is 5. The van der Waals surface area contributed by atoms with Gasteiger partial charge in [-0.1, -0.05) is 48.5 Å². The van der Waals surface area contributed by atoms with E-state index < -0.39 is 22.0 Å². The van der Waals surface area contributed by atoms with Gasteiger partial charge in [-0.3, -0.25) is 19.7 Å². The van der Waals surface area contributed by atoms with Gasteiger partial charge in [-0.05, 0) is 19.1 Å². The molecule has 0 fully saturated rings. The van der Waals surface area contributed by atoms with Gasteiger partial charge in [0, 0.05) is 5.56 Å². The second-order valence-electron chi connectivity index (χ2n) is 5.30. The van der Waals surface area contributed by atoms with Crippen LogP contribution in [0.25, 0.3) is 16.9 Å². The van der Waals surface area contributed by atoms with Crippen molar-refractivity contribution in [3.8, 4) is 16.9 Å². The highest BCUT2D eigenvalue weighted by Gasteiger charge is 2.30. The fraction of sp³-hybridized carbons (Fsp3) is 0.0556. The van der Waals surface area contributed by atoms with Crippen molar-refractivity contribution in [2.45, 2.75) is 6.92 Å². The van der Waals surface area contributed by atoms with Crippen molar-refractivity contribution in [2.24, 2.45) is 0 Å². The molecule has 1 heterocycles. The van der Waals surface area contributed by atoms with Gasteiger partial charge in [0.15, 0.2) is 5.78 Å². The first-order valence-electron chi connectivity index (χ1n) is 7.44. The van der Waals surface area contributed by atoms with E-state index in [1.54, 1.807) is 60.7 Å². The Morgan fingerprint density at radius 3 is 2.12 bits per heavy atom. The summed E-state index contributed by atoms with van der Waals surface area (Å²) in [6.45, 7) is 1.18. The SMILES string of the molecule is CC(=O)c1c(-c2ccccc2)nn(-c2ccccc2)c(=O)c1[N+](=O)[O-]. The second-order valence-corrected chi connectivity index (χ2v) is 5.30. The molecular weight excluding hydrogens is 322 g/mol. The predicted octanol–water partition coefficient (Wildman–Crippen LogP) is 3.01. The lowest BCUT2D eigenvalue weighted by Crippen LogP contribution is -2.27. The van der Waals surface area contributed by atoms with Crippen molar-refractivity contribution in [3.63, 3.8) is 0 Å². The van der Waals surface area contributed by atoms with Crippen LogP contribution in [0.4, 0.5) is 5.69 Å². The van der Waals surface area contributed by atoms with Gasteiger partial charge in [0.05, 0.1) is 10.6 Å². The van der Waals surface area contributed by atoms with E-state index in [2.05, 4.69) is 5.10 Å². The van der Waals surface area contributed by atoms with Crippen LogP contribution in [0.3, 0.4) is 0 Å². The van der Waals surface area contributed by atoms with E-state index in [0.29, 0.717) is 11.3 Å². The van der Waals surface area contributed by atoms with Crippen LogP contribution in [0.15, 0.2) is 65.5 Å². The fourth-order valence-electron chi connectivity index (χ4n) is 2.56. The molecule has 0 saturated carbocycles. The molecule has 0 spiro atoms. The van der Waals surface area contributed by atoms with Crippen molar-refractivity contribution < 1.29 is 9.72 Å². The second kappa shape index (κ2) is 6.48. The molecule has 0 amide bonds. The average Bonchev–Trinajstić information content (AvgIpc) is 2.62. The molecule has 1 aromatic heterocycles. The van der Waals surface area contributed by atoms with E-state index >= 15 is 0 Å². The summed E-state index contributed by atoms with van der Waals surface area (Å²) in [5, 5.41) is 15.8. The monoisotopic (exact) mass is 335 g/mol. The molecule has 7 heteroatoms. The summed E-state index contributed by atoms with van der Waals surface area (Å²) in [6, 6.07) is 16.9. The van der Waals surface area contributed by atoms with Crippen molar-refractivity contribution >= 4 is 11.5 Å². The third kappa shape index (κ3) is 2.94. The van der Waals surface area contributed by atoms with E-state index in [-0.39, 0.29) is 11.3 Å². The lowest BCUT2D eigenvalue weighted by molar-refractivity contribution is -0.386. The van der Waals surface area contributed by atoms with Crippen LogP contribution in [0, 0.1) is 10.1 Å². The van der Waals surface area contributed by atoms with Gasteiger partial charge in [-0.2, -0.15) is 9.78 Å². The highest BCUT2D eigenvalue weighted by atomic mass is 16.6. The van der Waals surface area contributed by atoms with Crippen molar-refractivity contribution in [1.82, 2.24) is 9.78 Å². The van der Waals surface area contributed by atoms with E-state index in [1.807, 2.05) is 0 Å². The Kier molecular flexibility index (Phi) is 4.21. The predicted molar refractivity (Wildman–Crippen MR) is 91.9 cm³/mol. The molecule has 0 unspecified atom stereocenters. The van der Waals surface area contributed by atoms with E-state index in [4.69, 9.17) is 0 Å². The van der Waals surface area contributed by atoms with Gasteiger partial charge >= 0.3 is 11.2 Å². The van der Waals surface area contributed by atoms with E-state index in [9.17, 15) is 19.7 Å². The maximum atomic E-state index is 12.6. The van der Waals surface area contributed by atoms with Crippen LogP contribution in [0.2, 0.25) is 0 Å². The molecule has 25 heavy (non-hydrogen) atoms. The normalized spacial score (nSPS) is 10.4. The van der Waals surface area contributed by atoms with Crippen LogP contribution in [0.5, 0.6) is 0 Å². The zero-order chi connectivity index (χ0) is 18.0. The molecule has 0 atom stereocenters. The van der Waals surface area contributed by atoms with Gasteiger partial charge in [0.2, 0.25) is 0 Å². The average molecular weight is 335 g/mol. The first-order valence-corrected chi connectivity index (χ1v) is 7.44. The number of ketones is 1. The number of nitro groups is 1. The number of nitrogens with zero attached hydrogens (tertiary/aromatic N) is 3. The number of carbonyl (C=O) groups is 1. The fourth-order valence-corrected chi connectivity index (χ4v) is 2.56. The highest BCUT2D eigenvalue weighted by Crippen LogP contribution is 2.27. The topological polar surface area (TPSA) is 95.1 Å². The van der Waals surface area contributed by atoms with Crippen molar-refractivity contribution in [2.75, 3.05) is 0 Å². The zero-order valence-corrected chi connectivity index (χ0v) is 13.2. The highest BCUT2D eigenvalue weighted by molar-refractivity contribution is 6.03. The minimum Gasteiger partial charge on any atom is -0.294 e. The molecule has 0 aliphatic heterocycles. The molecule has 0 saturated heterocycles. The number of aromatic nitrogens is 2. The molecule has 3 aromatic rings. The molecule has 0 N–H and O–H groups in total. The number of Topliss-reactive ketones (excluding diaryl/α,β-unsaturated/α-hetero) is 1. The molecule has 2 aromatic carbocycles. The summed E-state index contributed by atoms with van der Waals surface area (Å²) in [4.78, 5) is 35.4. The van der Waals surface area contributed by atoms with Crippen LogP contribution in [-0.4, -0.2) is 20.5 Å². The maximum Gasteiger partial charge on any atom is 0.350 e. The minimum atomic E-state index is -0.943. The van der Waals surface area contributed by atoms with Crippen LogP contribution in [0.1, 0.15) is 17.3 Å². The number of hydrogen-bond donors (Lipinski definition) is 0. The molecule has 0 bridgehead atoms. The van der Waals surface area contributed by atoms with Gasteiger partial charge in [0.1, 0.15) is 11.3 Å². The van der Waals surface area contributed by atoms with E-state index in [1.165, 1.54) is 6.92 Å². The van der Waals surface area contributed by atoms with Gasteiger partial charge in [0.25, 0.3) is 0 Å². The number of para-hydroxylation sites is 1. The molecular formula is C18H13N3O4. The Morgan fingerprint density at radius 2 is 1.60 bits per heavy atom. The number of rotatable bonds is 4. The van der Waals surface area contributed by atoms with Gasteiger partial charge < -0.3 is 0 Å². The number of carbonyl (C=O) groups excluding carboxylic acids is 1. The summed E-state index contributed by atoms with van der Waals surface area (Å²) in [5.74, 6) is -0.588. The Morgan fingerprint density at radius 1 is 1.04 bits per heavy atom. The van der Waals surface area contributed by atoms with Gasteiger partial charge in [-0.15, -0.1) is 0 Å². The Balaban J connectivity index is 2.45. The lowest BCUT2D eigenvalue weighted by atomic mass is 10.0. The summed E-state index contributed by atoms with van der Waals surface area (Å²) in [6.07, 6.45) is 0. The van der Waals surface area contributed by atoms with Crippen LogP contribution >= 0.6 is 0 Å². The van der Waals surface area contributed by atoms with Crippen LogP contribution < -0.4 is 5.56 Å². The largest absolute Gasteiger partial charge is 0.350 e. The molecule has 3 rings (SSSR count). The molecule has 0 radical (unpaired) electrons. The quantitative estimate of drug-likeness (QED) is 0.415. The van der Waals surface area contributed by atoms with Crippen molar-refractivity contribution in [1.29, 1.82) is 0 Å². The molecule has 124 valence electrons. The summed E-state index contributed by atoms with van der Waals surface area (Å²) >= 11 is 0. The minimum absolute atomic E-state index is 0.100. The standard InChI is InChI=1S/C18H13N3O4/c1-12(22)15-16(13-8-4-2-5-9-13)19-20(14-10-6-3-7-11-14)18(23)17(15)21(24)25/h2-11H,1H3. The molecule has 0 aliphatic carbocycles. The smallest absolute Gasteiger partial charge is 0.294 e. The summed E-state index contributed by atoms with van der Waals surface area (Å²) in [5.41, 5.74) is -1.01. The number of benzene rings is 2. The summed E-state index contributed by atoms with van der Waals surface area (Å²) < 4.78 is 0.951. The van der Waals surface area contributed by atoms with Crippen LogP contribution in [-0.2, 0) is 0 Å². The summed E-state index contributed by atoms with van der Waals surface area (Å²) in [7, 11) is 0. The van der Waals surface area contributed by atoms with E-state index in [0.717, 1.165) is 4.68 Å². The first kappa shape index (κ1) is 16.3. The van der Waals surface area contributed by atoms with Crippen molar-refractivity contribution in [3.05, 3.63) is 86.7 Å². The first-order chi connectivity index (χ1) is 12.0. The van der Waals surface area contributed by atoms with Gasteiger partial charge in [-0.25, -0.2) is 0 Å². The molecule has 0 aliphatic rings. The lowest BCUT2D eigenvalue weighted by Gasteiger charge is -2.11. The Labute approximate surface area is 142 Å². The molecule has 7 nitrogen and oxygen atoms in total. The third-order valence-corrected chi connectivity index (χ3v) is 3.65. The Hall–Kier alpha value is -3.61. The zero-order valence-electron chi connectivity index (χ0n) is 13.2. The maximum absolute atomic E-state index is 12.6. The third-order valence-electron chi connectivity index (χ3n) is 3.65. The Bertz CT molecular complexity index is 1010.